The van der Waals surface area contributed by atoms with Crippen molar-refractivity contribution in [1.82, 2.24) is 0 Å². The highest BCUT2D eigenvalue weighted by Crippen LogP contribution is 2.10. The molecule has 0 unspecified atom stereocenters. The van der Waals surface area contributed by atoms with Gasteiger partial charge in [0.25, 0.3) is 0 Å². The number of methoxy groups -OCH3 is 1. The first kappa shape index (κ1) is 16.2. The summed E-state index contributed by atoms with van der Waals surface area (Å²) in [7, 11) is 1.30. The molecule has 0 saturated heterocycles. The van der Waals surface area contributed by atoms with Crippen LogP contribution in [0.1, 0.15) is 36.6 Å². The van der Waals surface area contributed by atoms with Crippen LogP contribution >= 0.6 is 0 Å². The van der Waals surface area contributed by atoms with Crippen LogP contribution in [0.5, 0.6) is 0 Å². The number of primary amides is 1. The topological polar surface area (TPSA) is 95.7 Å². The lowest BCUT2D eigenvalue weighted by Crippen LogP contribution is -2.11. The molecule has 0 saturated carbocycles. The zero-order chi connectivity index (χ0) is 16.8. The predicted octanol–water partition coefficient (Wildman–Crippen LogP) is 1.93. The van der Waals surface area contributed by atoms with Crippen molar-refractivity contribution in [2.24, 2.45) is 5.73 Å². The quantitative estimate of drug-likeness (QED) is 0.851. The van der Waals surface area contributed by atoms with Gasteiger partial charge < -0.3 is 15.2 Å². The molecule has 2 N–H and O–H groups in total. The monoisotopic (exact) mass is 313 g/mol. The molecule has 2 rings (SSSR count). The van der Waals surface area contributed by atoms with Gasteiger partial charge in [-0.05, 0) is 42.0 Å². The maximum Gasteiger partial charge on any atom is 0.338 e. The van der Waals surface area contributed by atoms with Gasteiger partial charge >= 0.3 is 11.9 Å². The molecule has 0 aromatic heterocycles. The summed E-state index contributed by atoms with van der Waals surface area (Å²) in [6.45, 7) is 0.0151. The molecule has 0 bridgehead atoms. The second-order valence-electron chi connectivity index (χ2n) is 4.71. The molecule has 1 amide bonds. The Morgan fingerprint density at radius 2 is 1.57 bits per heavy atom. The van der Waals surface area contributed by atoms with Gasteiger partial charge in [0.05, 0.1) is 18.2 Å². The van der Waals surface area contributed by atoms with E-state index in [1.54, 1.807) is 24.3 Å². The van der Waals surface area contributed by atoms with Gasteiger partial charge in [0.2, 0.25) is 5.91 Å². The smallest absolute Gasteiger partial charge is 0.338 e. The molecule has 0 atom stereocenters. The molecule has 0 aliphatic rings. The number of hydrogen-bond acceptors (Lipinski definition) is 5. The van der Waals surface area contributed by atoms with E-state index in [1.165, 1.54) is 31.4 Å². The SMILES string of the molecule is COC(=O)c1cccc(COC(=O)c2ccc(C(N)=O)cc2)c1. The molecule has 0 aliphatic carbocycles. The van der Waals surface area contributed by atoms with Crippen LogP contribution in [0.3, 0.4) is 0 Å². The zero-order valence-corrected chi connectivity index (χ0v) is 12.4. The number of amides is 1. The first-order valence-corrected chi connectivity index (χ1v) is 6.75. The molecule has 23 heavy (non-hydrogen) atoms. The van der Waals surface area contributed by atoms with Crippen molar-refractivity contribution in [2.45, 2.75) is 6.61 Å². The first-order chi connectivity index (χ1) is 11.0. The number of carbonyl (C=O) groups is 3. The molecule has 2 aromatic carbocycles. The fraction of sp³-hybridized carbons (Fsp3) is 0.118. The molecule has 0 spiro atoms. The van der Waals surface area contributed by atoms with E-state index < -0.39 is 17.8 Å². The minimum Gasteiger partial charge on any atom is -0.465 e. The number of esters is 2. The molecule has 0 radical (unpaired) electrons. The van der Waals surface area contributed by atoms with E-state index in [4.69, 9.17) is 10.5 Å². The predicted molar refractivity (Wildman–Crippen MR) is 81.9 cm³/mol. The number of nitrogens with two attached hydrogens (primary N) is 1. The third kappa shape index (κ3) is 4.16. The summed E-state index contributed by atoms with van der Waals surface area (Å²) in [4.78, 5) is 34.4. The largest absolute Gasteiger partial charge is 0.465 e. The van der Waals surface area contributed by atoms with Crippen molar-refractivity contribution >= 4 is 17.8 Å². The summed E-state index contributed by atoms with van der Waals surface area (Å²) in [5.41, 5.74) is 6.79. The number of ether oxygens (including phenoxy) is 2. The number of benzene rings is 2. The summed E-state index contributed by atoms with van der Waals surface area (Å²) in [6, 6.07) is 12.5. The Morgan fingerprint density at radius 3 is 2.17 bits per heavy atom. The standard InChI is InChI=1S/C17H15NO5/c1-22-16(20)14-4-2-3-11(9-14)10-23-17(21)13-7-5-12(6-8-13)15(18)19/h2-9H,10H2,1H3,(H2,18,19). The average molecular weight is 313 g/mol. The Hall–Kier alpha value is -3.15. The Bertz CT molecular complexity index is 737. The molecular formula is C17H15NO5. The first-order valence-electron chi connectivity index (χ1n) is 6.75. The van der Waals surface area contributed by atoms with Crippen molar-refractivity contribution in [2.75, 3.05) is 7.11 Å². The second-order valence-corrected chi connectivity index (χ2v) is 4.71. The van der Waals surface area contributed by atoms with Gasteiger partial charge in [-0.3, -0.25) is 4.79 Å². The van der Waals surface area contributed by atoms with Crippen LogP contribution in [0.4, 0.5) is 0 Å². The molecule has 6 nitrogen and oxygen atoms in total. The average Bonchev–Trinajstić information content (AvgIpc) is 2.59. The van der Waals surface area contributed by atoms with Gasteiger partial charge in [-0.15, -0.1) is 0 Å². The van der Waals surface area contributed by atoms with E-state index in [9.17, 15) is 14.4 Å². The summed E-state index contributed by atoms with van der Waals surface area (Å²) in [6.07, 6.45) is 0. The zero-order valence-electron chi connectivity index (χ0n) is 12.4. The lowest BCUT2D eigenvalue weighted by Gasteiger charge is -2.07. The molecule has 0 aliphatic heterocycles. The molecule has 2 aromatic rings. The maximum atomic E-state index is 11.9. The van der Waals surface area contributed by atoms with Gasteiger partial charge in [-0.25, -0.2) is 9.59 Å². The summed E-state index contributed by atoms with van der Waals surface area (Å²) in [5, 5.41) is 0. The fourth-order valence-corrected chi connectivity index (χ4v) is 1.91. The van der Waals surface area contributed by atoms with Crippen molar-refractivity contribution in [3.8, 4) is 0 Å². The lowest BCUT2D eigenvalue weighted by molar-refractivity contribution is 0.0472. The van der Waals surface area contributed by atoms with Crippen LogP contribution in [-0.2, 0) is 16.1 Å². The molecule has 118 valence electrons. The number of rotatable bonds is 5. The Balaban J connectivity index is 2.01. The lowest BCUT2D eigenvalue weighted by atomic mass is 10.1. The minimum absolute atomic E-state index is 0.0151. The van der Waals surface area contributed by atoms with Crippen LogP contribution < -0.4 is 5.73 Å². The highest BCUT2D eigenvalue weighted by molar-refractivity contribution is 5.95. The minimum atomic E-state index is -0.565. The van der Waals surface area contributed by atoms with E-state index in [-0.39, 0.29) is 6.61 Å². The van der Waals surface area contributed by atoms with Gasteiger partial charge in [0, 0.05) is 5.56 Å². The number of carbonyl (C=O) groups excluding carboxylic acids is 3. The van der Waals surface area contributed by atoms with Crippen LogP contribution in [0, 0.1) is 0 Å². The van der Waals surface area contributed by atoms with E-state index in [2.05, 4.69) is 4.74 Å². The van der Waals surface area contributed by atoms with E-state index in [1.807, 2.05) is 0 Å². The van der Waals surface area contributed by atoms with Gasteiger partial charge in [0.15, 0.2) is 0 Å². The van der Waals surface area contributed by atoms with Crippen molar-refractivity contribution < 1.29 is 23.9 Å². The van der Waals surface area contributed by atoms with Gasteiger partial charge in [0.1, 0.15) is 6.61 Å². The van der Waals surface area contributed by atoms with Crippen molar-refractivity contribution in [3.63, 3.8) is 0 Å². The Kier molecular flexibility index (Phi) is 5.09. The third-order valence-corrected chi connectivity index (χ3v) is 3.12. The van der Waals surface area contributed by atoms with Crippen molar-refractivity contribution in [1.29, 1.82) is 0 Å². The molecular weight excluding hydrogens is 298 g/mol. The molecule has 0 fully saturated rings. The highest BCUT2D eigenvalue weighted by atomic mass is 16.5. The summed E-state index contributed by atoms with van der Waals surface area (Å²) in [5.74, 6) is -1.56. The van der Waals surface area contributed by atoms with Crippen LogP contribution in [0.25, 0.3) is 0 Å². The molecule has 0 heterocycles. The van der Waals surface area contributed by atoms with Crippen LogP contribution in [-0.4, -0.2) is 25.0 Å². The maximum absolute atomic E-state index is 11.9. The Morgan fingerprint density at radius 1 is 0.913 bits per heavy atom. The highest BCUT2D eigenvalue weighted by Gasteiger charge is 2.10. The van der Waals surface area contributed by atoms with Gasteiger partial charge in [-0.1, -0.05) is 12.1 Å². The normalized spacial score (nSPS) is 9.96. The third-order valence-electron chi connectivity index (χ3n) is 3.12. The van der Waals surface area contributed by atoms with Gasteiger partial charge in [-0.2, -0.15) is 0 Å². The fourth-order valence-electron chi connectivity index (χ4n) is 1.91. The van der Waals surface area contributed by atoms with E-state index in [0.29, 0.717) is 22.3 Å². The van der Waals surface area contributed by atoms with Crippen LogP contribution in [0.15, 0.2) is 48.5 Å². The van der Waals surface area contributed by atoms with Crippen molar-refractivity contribution in [3.05, 3.63) is 70.8 Å². The van der Waals surface area contributed by atoms with Crippen LogP contribution in [0.2, 0.25) is 0 Å². The molecule has 6 heteroatoms. The Labute approximate surface area is 132 Å². The summed E-state index contributed by atoms with van der Waals surface area (Å²) >= 11 is 0. The van der Waals surface area contributed by atoms with E-state index >= 15 is 0 Å². The number of hydrogen-bond donors (Lipinski definition) is 1. The van der Waals surface area contributed by atoms with E-state index in [0.717, 1.165) is 0 Å². The summed E-state index contributed by atoms with van der Waals surface area (Å²) < 4.78 is 9.81. The second kappa shape index (κ2) is 7.22.